The van der Waals surface area contributed by atoms with E-state index in [0.29, 0.717) is 12.3 Å². The topological polar surface area (TPSA) is 43.6 Å². The minimum Gasteiger partial charge on any atom is -0.459 e. The molecule has 96 valence electrons. The number of aryl methyl sites for hydroxylation is 1. The van der Waals surface area contributed by atoms with Gasteiger partial charge in [-0.2, -0.15) is 0 Å². The maximum Gasteiger partial charge on any atom is 0.306 e. The monoisotopic (exact) mass is 246 g/mol. The van der Waals surface area contributed by atoms with Crippen LogP contribution in [0.5, 0.6) is 0 Å². The molecule has 18 heavy (non-hydrogen) atoms. The number of aromatic nitrogens is 2. The number of pyridine rings is 1. The fourth-order valence-electron chi connectivity index (χ4n) is 1.88. The van der Waals surface area contributed by atoms with E-state index < -0.39 is 0 Å². The van der Waals surface area contributed by atoms with Crippen LogP contribution in [0.3, 0.4) is 0 Å². The van der Waals surface area contributed by atoms with E-state index in [9.17, 15) is 4.79 Å². The molecule has 2 aromatic heterocycles. The van der Waals surface area contributed by atoms with Crippen molar-refractivity contribution in [2.75, 3.05) is 0 Å². The van der Waals surface area contributed by atoms with Crippen molar-refractivity contribution in [3.63, 3.8) is 0 Å². The van der Waals surface area contributed by atoms with Crippen molar-refractivity contribution in [2.24, 2.45) is 5.92 Å². The zero-order valence-corrected chi connectivity index (χ0v) is 11.0. The Kier molecular flexibility index (Phi) is 3.65. The number of carbonyl (C=O) groups is 1. The molecule has 4 nitrogen and oxygen atoms in total. The molecule has 2 aromatic rings. The Bertz CT molecular complexity index is 558. The van der Waals surface area contributed by atoms with Gasteiger partial charge in [-0.25, -0.2) is 4.98 Å². The maximum atomic E-state index is 11.5. The summed E-state index contributed by atoms with van der Waals surface area (Å²) in [6.07, 6.45) is 2.39. The number of imidazole rings is 1. The van der Waals surface area contributed by atoms with Crippen molar-refractivity contribution in [2.45, 2.75) is 33.8 Å². The van der Waals surface area contributed by atoms with Crippen molar-refractivity contribution in [1.29, 1.82) is 0 Å². The number of hydrogen-bond donors (Lipinski definition) is 0. The van der Waals surface area contributed by atoms with E-state index in [1.54, 1.807) is 0 Å². The first-order valence-corrected chi connectivity index (χ1v) is 6.16. The van der Waals surface area contributed by atoms with Gasteiger partial charge in [0.05, 0.1) is 11.4 Å². The highest BCUT2D eigenvalue weighted by atomic mass is 16.5. The molecule has 0 amide bonds. The standard InChI is InChI=1S/C14H18N2O2/c1-10(2)8-14(17)18-9-12-11(3)15-13-6-4-5-7-16(12)13/h4-7,10H,8-9H2,1-3H3. The first kappa shape index (κ1) is 12.6. The zero-order chi connectivity index (χ0) is 13.1. The molecular formula is C14H18N2O2. The molecule has 0 bridgehead atoms. The Labute approximate surface area is 107 Å². The van der Waals surface area contributed by atoms with Crippen LogP contribution >= 0.6 is 0 Å². The number of ether oxygens (including phenoxy) is 1. The van der Waals surface area contributed by atoms with E-state index in [4.69, 9.17) is 4.74 Å². The SMILES string of the molecule is Cc1nc2ccccn2c1COC(=O)CC(C)C. The van der Waals surface area contributed by atoms with Gasteiger partial charge in [0.25, 0.3) is 0 Å². The summed E-state index contributed by atoms with van der Waals surface area (Å²) in [6, 6.07) is 5.82. The van der Waals surface area contributed by atoms with Crippen molar-refractivity contribution >= 4 is 11.6 Å². The number of nitrogens with zero attached hydrogens (tertiary/aromatic N) is 2. The second kappa shape index (κ2) is 5.21. The summed E-state index contributed by atoms with van der Waals surface area (Å²) in [5.74, 6) is 0.163. The summed E-state index contributed by atoms with van der Waals surface area (Å²) < 4.78 is 7.24. The van der Waals surface area contributed by atoms with Gasteiger partial charge in [0.1, 0.15) is 12.3 Å². The van der Waals surface area contributed by atoms with Crippen LogP contribution in [0.1, 0.15) is 31.7 Å². The Morgan fingerprint density at radius 1 is 1.44 bits per heavy atom. The van der Waals surface area contributed by atoms with Gasteiger partial charge in [-0.15, -0.1) is 0 Å². The van der Waals surface area contributed by atoms with E-state index in [-0.39, 0.29) is 12.6 Å². The summed E-state index contributed by atoms with van der Waals surface area (Å²) in [4.78, 5) is 16.0. The molecule has 0 atom stereocenters. The third kappa shape index (κ3) is 2.70. The lowest BCUT2D eigenvalue weighted by Gasteiger charge is -2.07. The average molecular weight is 246 g/mol. The highest BCUT2D eigenvalue weighted by Crippen LogP contribution is 2.13. The molecule has 0 aliphatic heterocycles. The third-order valence-corrected chi connectivity index (χ3v) is 2.77. The molecule has 0 aliphatic carbocycles. The summed E-state index contributed by atoms with van der Waals surface area (Å²) >= 11 is 0. The van der Waals surface area contributed by atoms with E-state index in [1.807, 2.05) is 49.6 Å². The Morgan fingerprint density at radius 3 is 2.94 bits per heavy atom. The van der Waals surface area contributed by atoms with Gasteiger partial charge in [0.15, 0.2) is 0 Å². The van der Waals surface area contributed by atoms with Crippen LogP contribution < -0.4 is 0 Å². The summed E-state index contributed by atoms with van der Waals surface area (Å²) in [5.41, 5.74) is 2.71. The summed E-state index contributed by atoms with van der Waals surface area (Å²) in [7, 11) is 0. The largest absolute Gasteiger partial charge is 0.459 e. The van der Waals surface area contributed by atoms with Gasteiger partial charge in [0, 0.05) is 12.6 Å². The lowest BCUT2D eigenvalue weighted by Crippen LogP contribution is -2.09. The van der Waals surface area contributed by atoms with Crippen LogP contribution in [0.2, 0.25) is 0 Å². The first-order valence-electron chi connectivity index (χ1n) is 6.16. The molecule has 0 unspecified atom stereocenters. The molecule has 0 spiro atoms. The van der Waals surface area contributed by atoms with Gasteiger partial charge in [-0.05, 0) is 25.0 Å². The van der Waals surface area contributed by atoms with E-state index in [1.165, 1.54) is 0 Å². The van der Waals surface area contributed by atoms with Crippen LogP contribution in [0.25, 0.3) is 5.65 Å². The van der Waals surface area contributed by atoms with Crippen LogP contribution in [-0.2, 0) is 16.1 Å². The second-order valence-corrected chi connectivity index (χ2v) is 4.83. The Balaban J connectivity index is 2.12. The molecule has 0 aromatic carbocycles. The van der Waals surface area contributed by atoms with Gasteiger partial charge >= 0.3 is 5.97 Å². The van der Waals surface area contributed by atoms with Crippen molar-refractivity contribution in [3.05, 3.63) is 35.8 Å². The van der Waals surface area contributed by atoms with Gasteiger partial charge < -0.3 is 9.14 Å². The Hall–Kier alpha value is -1.84. The van der Waals surface area contributed by atoms with Crippen LogP contribution in [-0.4, -0.2) is 15.4 Å². The smallest absolute Gasteiger partial charge is 0.306 e. The number of esters is 1. The van der Waals surface area contributed by atoms with Crippen LogP contribution in [0.15, 0.2) is 24.4 Å². The van der Waals surface area contributed by atoms with E-state index >= 15 is 0 Å². The normalized spacial score (nSPS) is 11.1. The lowest BCUT2D eigenvalue weighted by molar-refractivity contribution is -0.145. The van der Waals surface area contributed by atoms with E-state index in [0.717, 1.165) is 17.0 Å². The molecule has 0 N–H and O–H groups in total. The number of rotatable bonds is 4. The average Bonchev–Trinajstić information content (AvgIpc) is 2.61. The Morgan fingerprint density at radius 2 is 2.22 bits per heavy atom. The third-order valence-electron chi connectivity index (χ3n) is 2.77. The number of fused-ring (bicyclic) bond motifs is 1. The zero-order valence-electron chi connectivity index (χ0n) is 11.0. The van der Waals surface area contributed by atoms with Crippen molar-refractivity contribution in [3.8, 4) is 0 Å². The minimum absolute atomic E-state index is 0.157. The molecule has 4 heteroatoms. The molecular weight excluding hydrogens is 228 g/mol. The van der Waals surface area contributed by atoms with Gasteiger partial charge in [0.2, 0.25) is 0 Å². The quantitative estimate of drug-likeness (QED) is 0.779. The first-order chi connectivity index (χ1) is 8.58. The van der Waals surface area contributed by atoms with Crippen LogP contribution in [0, 0.1) is 12.8 Å². The highest BCUT2D eigenvalue weighted by molar-refractivity contribution is 5.69. The second-order valence-electron chi connectivity index (χ2n) is 4.83. The number of hydrogen-bond acceptors (Lipinski definition) is 3. The summed E-state index contributed by atoms with van der Waals surface area (Å²) in [6.45, 7) is 6.21. The van der Waals surface area contributed by atoms with Crippen LogP contribution in [0.4, 0.5) is 0 Å². The molecule has 2 heterocycles. The van der Waals surface area contributed by atoms with Gasteiger partial charge in [-0.3, -0.25) is 4.79 Å². The van der Waals surface area contributed by atoms with Crippen molar-refractivity contribution < 1.29 is 9.53 Å². The molecule has 0 radical (unpaired) electrons. The molecule has 0 saturated carbocycles. The van der Waals surface area contributed by atoms with Gasteiger partial charge in [-0.1, -0.05) is 19.9 Å². The highest BCUT2D eigenvalue weighted by Gasteiger charge is 2.11. The predicted molar refractivity (Wildman–Crippen MR) is 69.2 cm³/mol. The predicted octanol–water partition coefficient (Wildman–Crippen LogP) is 2.73. The van der Waals surface area contributed by atoms with Crippen molar-refractivity contribution in [1.82, 2.24) is 9.38 Å². The lowest BCUT2D eigenvalue weighted by atomic mass is 10.1. The molecule has 0 aliphatic rings. The fourth-order valence-corrected chi connectivity index (χ4v) is 1.88. The molecule has 0 fully saturated rings. The molecule has 0 saturated heterocycles. The maximum absolute atomic E-state index is 11.5. The summed E-state index contributed by atoms with van der Waals surface area (Å²) in [5, 5.41) is 0. The fraction of sp³-hybridized carbons (Fsp3) is 0.429. The number of carbonyl (C=O) groups excluding carboxylic acids is 1. The van der Waals surface area contributed by atoms with E-state index in [2.05, 4.69) is 4.98 Å². The minimum atomic E-state index is -0.157. The molecule has 2 rings (SSSR count).